The van der Waals surface area contributed by atoms with Gasteiger partial charge < -0.3 is 4.74 Å². The first-order chi connectivity index (χ1) is 7.46. The van der Waals surface area contributed by atoms with Gasteiger partial charge in [-0.2, -0.15) is 0 Å². The Morgan fingerprint density at radius 2 is 2.19 bits per heavy atom. The predicted molar refractivity (Wildman–Crippen MR) is 64.1 cm³/mol. The van der Waals surface area contributed by atoms with Crippen molar-refractivity contribution in [1.82, 2.24) is 4.98 Å². The van der Waals surface area contributed by atoms with Crippen molar-refractivity contribution in [3.8, 4) is 5.75 Å². The molecule has 0 radical (unpaired) electrons. The van der Waals surface area contributed by atoms with Crippen LogP contribution in [-0.4, -0.2) is 25.8 Å². The number of ether oxygens (including phenoxy) is 1. The van der Waals surface area contributed by atoms with Gasteiger partial charge in [-0.3, -0.25) is 9.71 Å². The largest absolute Gasteiger partial charge is 0.487 e. The summed E-state index contributed by atoms with van der Waals surface area (Å²) in [6.07, 6.45) is 6.33. The summed E-state index contributed by atoms with van der Waals surface area (Å²) in [6, 6.07) is 0. The number of nitrogens with zero attached hydrogens (tertiary/aromatic N) is 1. The zero-order valence-corrected chi connectivity index (χ0v) is 11.0. The lowest BCUT2D eigenvalue weighted by molar-refractivity contribution is 0.303. The number of aromatic nitrogens is 1. The van der Waals surface area contributed by atoms with E-state index in [4.69, 9.17) is 4.74 Å². The van der Waals surface area contributed by atoms with E-state index in [0.29, 0.717) is 15.9 Å². The lowest BCUT2D eigenvalue weighted by atomic mass is 10.4. The Hall–Kier alpha value is -0.820. The first kappa shape index (κ1) is 11.7. The number of hydrogen-bond acceptors (Lipinski definition) is 4. The average Bonchev–Trinajstić information content (AvgIpc) is 2.93. The minimum Gasteiger partial charge on any atom is -0.487 e. The van der Waals surface area contributed by atoms with Crippen LogP contribution >= 0.6 is 15.9 Å². The lowest BCUT2D eigenvalue weighted by Gasteiger charge is -2.12. The van der Waals surface area contributed by atoms with Gasteiger partial charge in [0, 0.05) is 6.20 Å². The van der Waals surface area contributed by atoms with E-state index in [9.17, 15) is 8.42 Å². The highest BCUT2D eigenvalue weighted by molar-refractivity contribution is 9.10. The lowest BCUT2D eigenvalue weighted by Crippen LogP contribution is -2.12. The van der Waals surface area contributed by atoms with Crippen molar-refractivity contribution < 1.29 is 13.2 Å². The number of rotatable bonds is 4. The van der Waals surface area contributed by atoms with Crippen LogP contribution in [-0.2, 0) is 10.0 Å². The van der Waals surface area contributed by atoms with E-state index in [-0.39, 0.29) is 6.10 Å². The molecule has 0 unspecified atom stereocenters. The van der Waals surface area contributed by atoms with Crippen LogP contribution < -0.4 is 9.46 Å². The van der Waals surface area contributed by atoms with Gasteiger partial charge in [0.2, 0.25) is 10.0 Å². The van der Waals surface area contributed by atoms with E-state index in [1.807, 2.05) is 0 Å². The number of hydrogen-bond donors (Lipinski definition) is 1. The molecule has 0 saturated heterocycles. The van der Waals surface area contributed by atoms with Crippen molar-refractivity contribution in [1.29, 1.82) is 0 Å². The van der Waals surface area contributed by atoms with E-state index in [0.717, 1.165) is 19.1 Å². The predicted octanol–water partition coefficient (Wildman–Crippen LogP) is 1.76. The summed E-state index contributed by atoms with van der Waals surface area (Å²) in [5, 5.41) is 0. The number of anilines is 1. The molecule has 1 N–H and O–H groups in total. The molecule has 1 heterocycles. The monoisotopic (exact) mass is 306 g/mol. The molecule has 5 nitrogen and oxygen atoms in total. The van der Waals surface area contributed by atoms with Crippen LogP contribution in [0.5, 0.6) is 5.75 Å². The second-order valence-electron chi connectivity index (χ2n) is 3.69. The molecule has 2 rings (SSSR count). The highest BCUT2D eigenvalue weighted by Gasteiger charge is 2.25. The Labute approximate surface area is 102 Å². The van der Waals surface area contributed by atoms with Crippen LogP contribution in [0, 0.1) is 0 Å². The maximum atomic E-state index is 11.2. The molecule has 0 bridgehead atoms. The van der Waals surface area contributed by atoms with Crippen molar-refractivity contribution in [2.75, 3.05) is 11.0 Å². The SMILES string of the molecule is CS(=O)(=O)Nc1c(Br)cncc1OC1CC1. The van der Waals surface area contributed by atoms with E-state index < -0.39 is 10.0 Å². The molecule has 1 aromatic rings. The second kappa shape index (κ2) is 4.21. The van der Waals surface area contributed by atoms with Gasteiger partial charge in [-0.1, -0.05) is 0 Å². The van der Waals surface area contributed by atoms with E-state index in [1.54, 1.807) is 0 Å². The summed E-state index contributed by atoms with van der Waals surface area (Å²) in [6.45, 7) is 0. The van der Waals surface area contributed by atoms with Gasteiger partial charge >= 0.3 is 0 Å². The van der Waals surface area contributed by atoms with Crippen molar-refractivity contribution in [3.63, 3.8) is 0 Å². The van der Waals surface area contributed by atoms with Crippen molar-refractivity contribution in [2.24, 2.45) is 0 Å². The molecule has 88 valence electrons. The number of halogens is 1. The fourth-order valence-corrected chi connectivity index (χ4v) is 2.28. The minimum atomic E-state index is -3.33. The first-order valence-corrected chi connectivity index (χ1v) is 7.42. The fraction of sp³-hybridized carbons (Fsp3) is 0.444. The third kappa shape index (κ3) is 3.08. The molecule has 1 aliphatic carbocycles. The van der Waals surface area contributed by atoms with Crippen molar-refractivity contribution in [3.05, 3.63) is 16.9 Å². The number of pyridine rings is 1. The first-order valence-electron chi connectivity index (χ1n) is 4.73. The molecule has 16 heavy (non-hydrogen) atoms. The summed E-state index contributed by atoms with van der Waals surface area (Å²) in [4.78, 5) is 3.95. The van der Waals surface area contributed by atoms with Gasteiger partial charge in [-0.05, 0) is 28.8 Å². The average molecular weight is 307 g/mol. The van der Waals surface area contributed by atoms with Gasteiger partial charge in [0.05, 0.1) is 23.0 Å². The standard InChI is InChI=1S/C9H11BrN2O3S/c1-16(13,14)12-9-7(10)4-11-5-8(9)15-6-2-3-6/h4-6H,2-3H2,1H3,(H,11,12). The molecule has 1 aromatic heterocycles. The van der Waals surface area contributed by atoms with E-state index in [1.165, 1.54) is 12.4 Å². The van der Waals surface area contributed by atoms with Crippen molar-refractivity contribution >= 4 is 31.6 Å². The molecule has 1 fully saturated rings. The Morgan fingerprint density at radius 1 is 1.50 bits per heavy atom. The molecule has 0 aromatic carbocycles. The van der Waals surface area contributed by atoms with Crippen LogP contribution in [0.15, 0.2) is 16.9 Å². The molecule has 0 amide bonds. The number of nitrogens with one attached hydrogen (secondary N) is 1. The second-order valence-corrected chi connectivity index (χ2v) is 6.29. The van der Waals surface area contributed by atoms with Crippen LogP contribution in [0.3, 0.4) is 0 Å². The van der Waals surface area contributed by atoms with Crippen molar-refractivity contribution in [2.45, 2.75) is 18.9 Å². The molecule has 0 aliphatic heterocycles. The Balaban J connectivity index is 2.31. The maximum Gasteiger partial charge on any atom is 0.229 e. The Kier molecular flexibility index (Phi) is 3.07. The van der Waals surface area contributed by atoms with Gasteiger partial charge in [0.1, 0.15) is 5.69 Å². The normalized spacial score (nSPS) is 15.9. The minimum absolute atomic E-state index is 0.191. The topological polar surface area (TPSA) is 68.3 Å². The van der Waals surface area contributed by atoms with Gasteiger partial charge in [0.15, 0.2) is 5.75 Å². The molecule has 0 atom stereocenters. The summed E-state index contributed by atoms with van der Waals surface area (Å²) in [5.41, 5.74) is 0.407. The maximum absolute atomic E-state index is 11.2. The van der Waals surface area contributed by atoms with Crippen LogP contribution in [0.1, 0.15) is 12.8 Å². The summed E-state index contributed by atoms with van der Waals surface area (Å²) < 4.78 is 30.9. The van der Waals surface area contributed by atoms with E-state index in [2.05, 4.69) is 25.6 Å². The van der Waals surface area contributed by atoms with Crippen LogP contribution in [0.2, 0.25) is 0 Å². The highest BCUT2D eigenvalue weighted by atomic mass is 79.9. The van der Waals surface area contributed by atoms with Gasteiger partial charge in [-0.25, -0.2) is 8.42 Å². The van der Waals surface area contributed by atoms with E-state index >= 15 is 0 Å². The van der Waals surface area contributed by atoms with Gasteiger partial charge in [0.25, 0.3) is 0 Å². The highest BCUT2D eigenvalue weighted by Crippen LogP contribution is 2.36. The molecule has 1 saturated carbocycles. The fourth-order valence-electron chi connectivity index (χ4n) is 1.16. The zero-order chi connectivity index (χ0) is 11.8. The third-order valence-electron chi connectivity index (χ3n) is 1.97. The zero-order valence-electron chi connectivity index (χ0n) is 8.60. The Morgan fingerprint density at radius 3 is 2.75 bits per heavy atom. The molecule has 7 heteroatoms. The van der Waals surface area contributed by atoms with Crippen LogP contribution in [0.4, 0.5) is 5.69 Å². The smallest absolute Gasteiger partial charge is 0.229 e. The molecule has 0 spiro atoms. The number of sulfonamides is 1. The third-order valence-corrected chi connectivity index (χ3v) is 3.15. The summed E-state index contributed by atoms with van der Waals surface area (Å²) >= 11 is 3.24. The summed E-state index contributed by atoms with van der Waals surface area (Å²) in [5.74, 6) is 0.460. The van der Waals surface area contributed by atoms with Crippen LogP contribution in [0.25, 0.3) is 0 Å². The summed E-state index contributed by atoms with van der Waals surface area (Å²) in [7, 11) is -3.33. The Bertz CT molecular complexity index is 499. The molecular weight excluding hydrogens is 296 g/mol. The molecular formula is C9H11BrN2O3S. The quantitative estimate of drug-likeness (QED) is 0.920. The van der Waals surface area contributed by atoms with Gasteiger partial charge in [-0.15, -0.1) is 0 Å². The molecule has 1 aliphatic rings.